The van der Waals surface area contributed by atoms with Gasteiger partial charge in [0.2, 0.25) is 5.13 Å². The Kier molecular flexibility index (Phi) is 5.80. The van der Waals surface area contributed by atoms with Crippen LogP contribution in [-0.2, 0) is 0 Å². The summed E-state index contributed by atoms with van der Waals surface area (Å²) in [6.45, 7) is 7.55. The van der Waals surface area contributed by atoms with E-state index in [0.29, 0.717) is 21.6 Å². The van der Waals surface area contributed by atoms with E-state index in [1.165, 1.54) is 22.2 Å². The van der Waals surface area contributed by atoms with E-state index in [0.717, 1.165) is 10.2 Å². The second-order valence-corrected chi connectivity index (χ2v) is 9.21. The summed E-state index contributed by atoms with van der Waals surface area (Å²) in [7, 11) is 0. The van der Waals surface area contributed by atoms with Crippen LogP contribution in [0.5, 0.6) is 5.75 Å². The second-order valence-electron chi connectivity index (χ2n) is 8.20. The standard InChI is InChI=1S/C28H17N7O2S/c1-29-22-16-30-35(28-32-20-13-7-8-14-23(20)38-28)26(22)34-33-21-15-17-9-5-6-12-19(17)24(25(21)36)27(37)31-18-10-3-2-4-11-18/h2-16,36H,(H,31,37). The molecule has 0 radical (unpaired) electrons. The summed E-state index contributed by atoms with van der Waals surface area (Å²) < 4.78 is 2.41. The highest BCUT2D eigenvalue weighted by molar-refractivity contribution is 7.20. The molecule has 0 spiro atoms. The highest BCUT2D eigenvalue weighted by Gasteiger charge is 2.21. The van der Waals surface area contributed by atoms with Crippen LogP contribution in [0.2, 0.25) is 0 Å². The number of hydrogen-bond donors (Lipinski definition) is 2. The van der Waals surface area contributed by atoms with E-state index in [2.05, 4.69) is 30.5 Å². The number of aromatic hydroxyl groups is 1. The van der Waals surface area contributed by atoms with Gasteiger partial charge in [0.1, 0.15) is 5.69 Å². The van der Waals surface area contributed by atoms with Crippen LogP contribution in [0, 0.1) is 6.57 Å². The number of nitrogens with zero attached hydrogens (tertiary/aromatic N) is 6. The van der Waals surface area contributed by atoms with Gasteiger partial charge in [-0.25, -0.2) is 9.83 Å². The molecule has 0 saturated heterocycles. The molecule has 0 aliphatic rings. The Hall–Kier alpha value is -5.40. The van der Waals surface area contributed by atoms with E-state index in [4.69, 9.17) is 6.57 Å². The van der Waals surface area contributed by atoms with Gasteiger partial charge in [-0.1, -0.05) is 65.9 Å². The van der Waals surface area contributed by atoms with Gasteiger partial charge >= 0.3 is 0 Å². The Morgan fingerprint density at radius 1 is 1.00 bits per heavy atom. The van der Waals surface area contributed by atoms with Crippen molar-refractivity contribution in [1.29, 1.82) is 0 Å². The number of fused-ring (bicyclic) bond motifs is 2. The molecule has 38 heavy (non-hydrogen) atoms. The van der Waals surface area contributed by atoms with Gasteiger partial charge in [-0.2, -0.15) is 9.78 Å². The van der Waals surface area contributed by atoms with Gasteiger partial charge in [-0.3, -0.25) is 4.79 Å². The fourth-order valence-electron chi connectivity index (χ4n) is 4.04. The molecule has 4 aromatic carbocycles. The van der Waals surface area contributed by atoms with Crippen LogP contribution in [0.4, 0.5) is 22.9 Å². The van der Waals surface area contributed by atoms with E-state index in [1.54, 1.807) is 30.3 Å². The van der Waals surface area contributed by atoms with Crippen LogP contribution in [0.1, 0.15) is 10.4 Å². The van der Waals surface area contributed by atoms with E-state index in [1.807, 2.05) is 54.6 Å². The first-order valence-electron chi connectivity index (χ1n) is 11.5. The maximum Gasteiger partial charge on any atom is 0.260 e. The largest absolute Gasteiger partial charge is 0.505 e. The first kappa shape index (κ1) is 23.0. The van der Waals surface area contributed by atoms with Crippen molar-refractivity contribution in [2.75, 3.05) is 5.32 Å². The molecule has 10 heteroatoms. The van der Waals surface area contributed by atoms with Gasteiger partial charge in [-0.15, -0.1) is 10.2 Å². The Balaban J connectivity index is 1.44. The molecule has 2 N–H and O–H groups in total. The van der Waals surface area contributed by atoms with Crippen molar-refractivity contribution in [3.63, 3.8) is 0 Å². The van der Waals surface area contributed by atoms with Crippen LogP contribution in [0.25, 0.3) is 31.0 Å². The quantitative estimate of drug-likeness (QED) is 0.182. The summed E-state index contributed by atoms with van der Waals surface area (Å²) >= 11 is 1.40. The van der Waals surface area contributed by atoms with Crippen LogP contribution in [0.15, 0.2) is 101 Å². The maximum absolute atomic E-state index is 13.3. The van der Waals surface area contributed by atoms with Crippen molar-refractivity contribution < 1.29 is 9.90 Å². The Labute approximate surface area is 220 Å². The number of aromatic nitrogens is 3. The van der Waals surface area contributed by atoms with Crippen molar-refractivity contribution in [2.45, 2.75) is 0 Å². The topological polar surface area (TPSA) is 109 Å². The van der Waals surface area contributed by atoms with Crippen molar-refractivity contribution >= 4 is 61.1 Å². The molecule has 6 aromatic rings. The number of carbonyl (C=O) groups is 1. The summed E-state index contributed by atoms with van der Waals surface area (Å²) in [4.78, 5) is 21.4. The number of phenols is 1. The third-order valence-corrected chi connectivity index (χ3v) is 6.83. The van der Waals surface area contributed by atoms with Crippen molar-refractivity contribution in [1.82, 2.24) is 14.8 Å². The van der Waals surface area contributed by atoms with E-state index < -0.39 is 5.91 Å². The first-order valence-corrected chi connectivity index (χ1v) is 12.3. The molecule has 0 unspecified atom stereocenters. The number of hydrogen-bond acceptors (Lipinski definition) is 7. The number of carbonyl (C=O) groups excluding carboxylic acids is 1. The molecule has 0 bridgehead atoms. The molecule has 2 heterocycles. The van der Waals surface area contributed by atoms with Crippen molar-refractivity contribution in [2.24, 2.45) is 10.2 Å². The number of thiazole rings is 1. The number of benzene rings is 4. The van der Waals surface area contributed by atoms with Crippen LogP contribution in [0.3, 0.4) is 0 Å². The minimum Gasteiger partial charge on any atom is -0.505 e. The second kappa shape index (κ2) is 9.57. The number of para-hydroxylation sites is 2. The van der Waals surface area contributed by atoms with Crippen molar-refractivity contribution in [3.8, 4) is 10.9 Å². The van der Waals surface area contributed by atoms with Gasteiger partial charge in [0, 0.05) is 5.69 Å². The minimum absolute atomic E-state index is 0.0750. The Bertz CT molecular complexity index is 1870. The molecule has 2 aromatic heterocycles. The predicted octanol–water partition coefficient (Wildman–Crippen LogP) is 7.56. The summed E-state index contributed by atoms with van der Waals surface area (Å²) in [5.74, 6) is -0.637. The molecule has 9 nitrogen and oxygen atoms in total. The smallest absolute Gasteiger partial charge is 0.260 e. The fraction of sp³-hybridized carbons (Fsp3) is 0. The zero-order chi connectivity index (χ0) is 26.1. The maximum atomic E-state index is 13.3. The lowest BCUT2D eigenvalue weighted by molar-refractivity contribution is 0.102. The van der Waals surface area contributed by atoms with E-state index in [-0.39, 0.29) is 28.5 Å². The number of azo groups is 1. The average Bonchev–Trinajstić information content (AvgIpc) is 3.56. The third kappa shape index (κ3) is 4.13. The zero-order valence-electron chi connectivity index (χ0n) is 19.6. The SMILES string of the molecule is [C-]#[N+]c1cnn(-c2nc3ccccc3s2)c1N=Nc1cc2ccccc2c(C(=O)Nc2ccccc2)c1O. The number of phenolic OH excluding ortho intramolecular Hbond substituents is 1. The molecule has 0 aliphatic heterocycles. The number of amides is 1. The lowest BCUT2D eigenvalue weighted by Gasteiger charge is -2.12. The summed E-state index contributed by atoms with van der Waals surface area (Å²) in [6, 6.07) is 25.5. The number of anilines is 1. The van der Waals surface area contributed by atoms with Crippen LogP contribution >= 0.6 is 11.3 Å². The first-order chi connectivity index (χ1) is 18.6. The normalized spacial score (nSPS) is 11.2. The highest BCUT2D eigenvalue weighted by atomic mass is 32.1. The summed E-state index contributed by atoms with van der Waals surface area (Å²) in [6.07, 6.45) is 1.40. The molecule has 6 rings (SSSR count). The average molecular weight is 516 g/mol. The molecule has 0 saturated carbocycles. The summed E-state index contributed by atoms with van der Waals surface area (Å²) in [5, 5.41) is 28.6. The monoisotopic (exact) mass is 515 g/mol. The molecule has 1 amide bonds. The summed E-state index contributed by atoms with van der Waals surface area (Å²) in [5.41, 5.74) is 1.72. The highest BCUT2D eigenvalue weighted by Crippen LogP contribution is 2.40. The molecular weight excluding hydrogens is 498 g/mol. The van der Waals surface area contributed by atoms with E-state index >= 15 is 0 Å². The van der Waals surface area contributed by atoms with Gasteiger partial charge < -0.3 is 10.4 Å². The number of rotatable bonds is 5. The minimum atomic E-state index is -0.483. The fourth-order valence-corrected chi connectivity index (χ4v) is 4.97. The predicted molar refractivity (Wildman–Crippen MR) is 147 cm³/mol. The van der Waals surface area contributed by atoms with Crippen LogP contribution < -0.4 is 5.32 Å². The van der Waals surface area contributed by atoms with Crippen LogP contribution in [-0.4, -0.2) is 25.8 Å². The number of nitrogens with one attached hydrogen (secondary N) is 1. The Morgan fingerprint density at radius 3 is 2.58 bits per heavy atom. The van der Waals surface area contributed by atoms with Gasteiger partial charge in [0.25, 0.3) is 11.6 Å². The van der Waals surface area contributed by atoms with Crippen molar-refractivity contribution in [3.05, 3.63) is 108 Å². The third-order valence-electron chi connectivity index (χ3n) is 5.82. The molecule has 0 atom stereocenters. The molecule has 0 aliphatic carbocycles. The molecule has 0 fully saturated rings. The lowest BCUT2D eigenvalue weighted by Crippen LogP contribution is -2.12. The molecular formula is C28H17N7O2S. The lowest BCUT2D eigenvalue weighted by atomic mass is 10.0. The van der Waals surface area contributed by atoms with E-state index in [9.17, 15) is 9.90 Å². The van der Waals surface area contributed by atoms with Gasteiger partial charge in [0.15, 0.2) is 11.6 Å². The molecule has 182 valence electrons. The van der Waals surface area contributed by atoms with Gasteiger partial charge in [0.05, 0.1) is 28.5 Å². The van der Waals surface area contributed by atoms with Gasteiger partial charge in [-0.05, 0) is 41.1 Å². The zero-order valence-corrected chi connectivity index (χ0v) is 20.4. The Morgan fingerprint density at radius 2 is 1.76 bits per heavy atom.